The first-order valence-corrected chi connectivity index (χ1v) is 7.61. The van der Waals surface area contributed by atoms with Gasteiger partial charge < -0.3 is 9.84 Å². The van der Waals surface area contributed by atoms with Crippen LogP contribution in [0.15, 0.2) is 29.6 Å². The Hall–Kier alpha value is -1.43. The van der Waals surface area contributed by atoms with Gasteiger partial charge in [-0.1, -0.05) is 18.2 Å². The summed E-state index contributed by atoms with van der Waals surface area (Å²) in [5.41, 5.74) is 1.61. The van der Waals surface area contributed by atoms with E-state index in [-0.39, 0.29) is 6.61 Å². The van der Waals surface area contributed by atoms with Crippen LogP contribution in [0.25, 0.3) is 0 Å². The van der Waals surface area contributed by atoms with E-state index in [4.69, 9.17) is 4.74 Å². The predicted molar refractivity (Wildman–Crippen MR) is 79.0 cm³/mol. The normalized spacial score (nSPS) is 21.3. The summed E-state index contributed by atoms with van der Waals surface area (Å²) in [5.74, 6) is 0.856. The Morgan fingerprint density at radius 1 is 1.45 bits per heavy atom. The first-order valence-electron chi connectivity index (χ1n) is 6.73. The lowest BCUT2D eigenvalue weighted by atomic mass is 9.85. The fourth-order valence-electron chi connectivity index (χ4n) is 2.61. The summed E-state index contributed by atoms with van der Waals surface area (Å²) >= 11 is 1.64. The number of thiazole rings is 1. The number of aryl methyl sites for hydroxylation is 1. The van der Waals surface area contributed by atoms with Crippen molar-refractivity contribution in [2.24, 2.45) is 0 Å². The SMILES string of the molecule is Cc1nc(CNC2(CO)CCOc3ccccc32)cs1. The van der Waals surface area contributed by atoms with Crippen molar-refractivity contribution in [2.45, 2.75) is 25.4 Å². The van der Waals surface area contributed by atoms with E-state index >= 15 is 0 Å². The van der Waals surface area contributed by atoms with E-state index in [1.54, 1.807) is 11.3 Å². The molecule has 1 aromatic carbocycles. The fraction of sp³-hybridized carbons (Fsp3) is 0.400. The van der Waals surface area contributed by atoms with Crippen molar-refractivity contribution in [3.8, 4) is 5.75 Å². The summed E-state index contributed by atoms with van der Waals surface area (Å²) in [6.07, 6.45) is 0.754. The Bertz CT molecular complexity index is 599. The van der Waals surface area contributed by atoms with Gasteiger partial charge in [-0.2, -0.15) is 0 Å². The first kappa shape index (κ1) is 13.5. The summed E-state index contributed by atoms with van der Waals surface area (Å²) in [6.45, 7) is 3.32. The van der Waals surface area contributed by atoms with Gasteiger partial charge in [-0.3, -0.25) is 5.32 Å². The Morgan fingerprint density at radius 2 is 2.30 bits per heavy atom. The molecule has 1 aromatic heterocycles. The highest BCUT2D eigenvalue weighted by atomic mass is 32.1. The molecule has 1 atom stereocenters. The van der Waals surface area contributed by atoms with Crippen LogP contribution in [-0.2, 0) is 12.1 Å². The van der Waals surface area contributed by atoms with Crippen molar-refractivity contribution in [3.63, 3.8) is 0 Å². The largest absolute Gasteiger partial charge is 0.493 e. The number of para-hydroxylation sites is 1. The minimum Gasteiger partial charge on any atom is -0.493 e. The van der Waals surface area contributed by atoms with Crippen molar-refractivity contribution in [3.05, 3.63) is 45.9 Å². The maximum Gasteiger partial charge on any atom is 0.124 e. The number of hydrogen-bond donors (Lipinski definition) is 2. The molecule has 0 bridgehead atoms. The van der Waals surface area contributed by atoms with Gasteiger partial charge in [-0.05, 0) is 13.0 Å². The molecule has 0 amide bonds. The highest BCUT2D eigenvalue weighted by Gasteiger charge is 2.36. The molecule has 0 saturated heterocycles. The zero-order valence-electron chi connectivity index (χ0n) is 11.4. The predicted octanol–water partition coefficient (Wildman–Crippen LogP) is 2.21. The molecule has 2 N–H and O–H groups in total. The highest BCUT2D eigenvalue weighted by Crippen LogP contribution is 2.36. The second kappa shape index (κ2) is 5.52. The maximum atomic E-state index is 9.94. The van der Waals surface area contributed by atoms with Crippen LogP contribution >= 0.6 is 11.3 Å². The Morgan fingerprint density at radius 3 is 3.05 bits per heavy atom. The zero-order chi connectivity index (χ0) is 14.0. The number of nitrogens with one attached hydrogen (secondary N) is 1. The van der Waals surface area contributed by atoms with Crippen molar-refractivity contribution in [1.29, 1.82) is 0 Å². The Labute approximate surface area is 122 Å². The molecular formula is C15H18N2O2S. The third kappa shape index (κ3) is 2.44. The third-order valence-electron chi connectivity index (χ3n) is 3.73. The average Bonchev–Trinajstić information content (AvgIpc) is 2.91. The van der Waals surface area contributed by atoms with Crippen molar-refractivity contribution in [2.75, 3.05) is 13.2 Å². The number of benzene rings is 1. The molecule has 5 heteroatoms. The second-order valence-corrected chi connectivity index (χ2v) is 6.11. The van der Waals surface area contributed by atoms with Crippen LogP contribution in [0.3, 0.4) is 0 Å². The average molecular weight is 290 g/mol. The van der Waals surface area contributed by atoms with E-state index in [0.29, 0.717) is 13.2 Å². The van der Waals surface area contributed by atoms with Crippen molar-refractivity contribution >= 4 is 11.3 Å². The van der Waals surface area contributed by atoms with E-state index in [1.807, 2.05) is 31.2 Å². The van der Waals surface area contributed by atoms with Crippen LogP contribution < -0.4 is 10.1 Å². The van der Waals surface area contributed by atoms with Gasteiger partial charge >= 0.3 is 0 Å². The number of hydrogen-bond acceptors (Lipinski definition) is 5. The molecule has 106 valence electrons. The number of nitrogens with zero attached hydrogens (tertiary/aromatic N) is 1. The van der Waals surface area contributed by atoms with E-state index in [2.05, 4.69) is 15.7 Å². The van der Waals surface area contributed by atoms with Gasteiger partial charge in [-0.15, -0.1) is 11.3 Å². The lowest BCUT2D eigenvalue weighted by molar-refractivity contribution is 0.105. The van der Waals surface area contributed by atoms with E-state index in [9.17, 15) is 5.11 Å². The first-order chi connectivity index (χ1) is 9.73. The number of ether oxygens (including phenoxy) is 1. The lowest BCUT2D eigenvalue weighted by Gasteiger charge is -2.38. The van der Waals surface area contributed by atoms with E-state index < -0.39 is 5.54 Å². The molecule has 2 aromatic rings. The molecular weight excluding hydrogens is 272 g/mol. The van der Waals surface area contributed by atoms with Crippen LogP contribution in [0, 0.1) is 6.92 Å². The molecule has 0 radical (unpaired) electrons. The second-order valence-electron chi connectivity index (χ2n) is 5.05. The standard InChI is InChI=1S/C15H18N2O2S/c1-11-17-12(9-20-11)8-16-15(10-18)6-7-19-14-5-3-2-4-13(14)15/h2-5,9,16,18H,6-8,10H2,1H3. The smallest absolute Gasteiger partial charge is 0.124 e. The Balaban J connectivity index is 1.85. The van der Waals surface area contributed by atoms with Crippen LogP contribution in [0.1, 0.15) is 22.7 Å². The monoisotopic (exact) mass is 290 g/mol. The maximum absolute atomic E-state index is 9.94. The topological polar surface area (TPSA) is 54.4 Å². The summed E-state index contributed by atoms with van der Waals surface area (Å²) in [6, 6.07) is 7.90. The summed E-state index contributed by atoms with van der Waals surface area (Å²) in [4.78, 5) is 4.46. The van der Waals surface area contributed by atoms with Crippen LogP contribution in [0.4, 0.5) is 0 Å². The van der Waals surface area contributed by atoms with Crippen molar-refractivity contribution < 1.29 is 9.84 Å². The molecule has 4 nitrogen and oxygen atoms in total. The number of aliphatic hydroxyl groups excluding tert-OH is 1. The van der Waals surface area contributed by atoms with Gasteiger partial charge in [0.2, 0.25) is 0 Å². The molecule has 3 rings (SSSR count). The quantitative estimate of drug-likeness (QED) is 0.906. The summed E-state index contributed by atoms with van der Waals surface area (Å²) in [7, 11) is 0. The molecule has 20 heavy (non-hydrogen) atoms. The summed E-state index contributed by atoms with van der Waals surface area (Å²) in [5, 5.41) is 16.5. The van der Waals surface area contributed by atoms with Crippen molar-refractivity contribution in [1.82, 2.24) is 10.3 Å². The van der Waals surface area contributed by atoms with Crippen LogP contribution in [0.5, 0.6) is 5.75 Å². The highest BCUT2D eigenvalue weighted by molar-refractivity contribution is 7.09. The van der Waals surface area contributed by atoms with Gasteiger partial charge in [0.25, 0.3) is 0 Å². The third-order valence-corrected chi connectivity index (χ3v) is 4.56. The molecule has 0 fully saturated rings. The van der Waals surface area contributed by atoms with Crippen LogP contribution in [0.2, 0.25) is 0 Å². The molecule has 0 spiro atoms. The number of aliphatic hydroxyl groups is 1. The molecule has 1 aliphatic rings. The van der Waals surface area contributed by atoms with Gasteiger partial charge in [-0.25, -0.2) is 4.98 Å². The molecule has 2 heterocycles. The van der Waals surface area contributed by atoms with Gasteiger partial charge in [0.15, 0.2) is 0 Å². The zero-order valence-corrected chi connectivity index (χ0v) is 12.2. The van der Waals surface area contributed by atoms with Gasteiger partial charge in [0, 0.05) is 23.9 Å². The number of aromatic nitrogens is 1. The molecule has 0 saturated carbocycles. The lowest BCUT2D eigenvalue weighted by Crippen LogP contribution is -2.48. The van der Waals surface area contributed by atoms with Gasteiger partial charge in [0.1, 0.15) is 5.75 Å². The summed E-state index contributed by atoms with van der Waals surface area (Å²) < 4.78 is 5.67. The fourth-order valence-corrected chi connectivity index (χ4v) is 3.22. The molecule has 1 aliphatic heterocycles. The number of rotatable bonds is 4. The molecule has 0 aliphatic carbocycles. The molecule has 1 unspecified atom stereocenters. The minimum absolute atomic E-state index is 0.0521. The Kier molecular flexibility index (Phi) is 3.74. The minimum atomic E-state index is -0.438. The van der Waals surface area contributed by atoms with Crippen LogP contribution in [-0.4, -0.2) is 23.3 Å². The van der Waals surface area contributed by atoms with E-state index in [0.717, 1.165) is 28.4 Å². The van der Waals surface area contributed by atoms with Gasteiger partial charge in [0.05, 0.1) is 29.5 Å². The van der Waals surface area contributed by atoms with E-state index in [1.165, 1.54) is 0 Å². The number of fused-ring (bicyclic) bond motifs is 1.